The van der Waals surface area contributed by atoms with Gasteiger partial charge in [-0.15, -0.1) is 11.3 Å². The predicted molar refractivity (Wildman–Crippen MR) is 133 cm³/mol. The van der Waals surface area contributed by atoms with Gasteiger partial charge >= 0.3 is 0 Å². The number of rotatable bonds is 5. The summed E-state index contributed by atoms with van der Waals surface area (Å²) in [5.74, 6) is 0. The summed E-state index contributed by atoms with van der Waals surface area (Å²) < 4.78 is 2.30. The molecule has 12 heteroatoms. The number of hydrogen-bond acceptors (Lipinski definition) is 8. The SMILES string of the molecule is O=c1c2c3c(sc2nc(Sc2ccc([N+](=O)[O-])cc2[N+](=O)[O-])n1-c1ccc(Br)cc1)CCCC3. The standard InChI is InChI=1S/C22H15BrN4O5S2/c23-12-5-7-13(8-6-12)25-21(28)19-15-3-1-2-4-17(15)33-20(19)24-22(25)34-18-10-9-14(26(29)30)11-16(18)27(31)32/h5-11H,1-4H2. The number of non-ortho nitro benzene ring substituents is 1. The molecule has 0 fully saturated rings. The molecule has 2 heterocycles. The third-order valence-corrected chi connectivity index (χ3v) is 8.33. The van der Waals surface area contributed by atoms with Gasteiger partial charge in [0.15, 0.2) is 5.16 Å². The first-order valence-corrected chi connectivity index (χ1v) is 12.7. The van der Waals surface area contributed by atoms with Crippen LogP contribution in [0.15, 0.2) is 61.8 Å². The summed E-state index contributed by atoms with van der Waals surface area (Å²) in [7, 11) is 0. The van der Waals surface area contributed by atoms with Crippen LogP contribution in [0.1, 0.15) is 23.3 Å². The Hall–Kier alpha value is -3.09. The normalized spacial score (nSPS) is 13.1. The lowest BCUT2D eigenvalue weighted by molar-refractivity contribution is -0.396. The lowest BCUT2D eigenvalue weighted by atomic mass is 9.97. The number of nitro groups is 2. The number of nitro benzene ring substituents is 2. The first kappa shape index (κ1) is 22.7. The molecule has 0 saturated heterocycles. The molecule has 1 aliphatic carbocycles. The first-order valence-electron chi connectivity index (χ1n) is 10.3. The molecule has 4 aromatic rings. The number of fused-ring (bicyclic) bond motifs is 3. The fraction of sp³-hybridized carbons (Fsp3) is 0.182. The van der Waals surface area contributed by atoms with E-state index < -0.39 is 15.5 Å². The van der Waals surface area contributed by atoms with Crippen molar-refractivity contribution >= 4 is 60.6 Å². The van der Waals surface area contributed by atoms with E-state index in [1.807, 2.05) is 0 Å². The average molecular weight is 559 g/mol. The maximum Gasteiger partial charge on any atom is 0.290 e. The van der Waals surface area contributed by atoms with Gasteiger partial charge in [-0.3, -0.25) is 29.6 Å². The van der Waals surface area contributed by atoms with E-state index >= 15 is 0 Å². The third kappa shape index (κ3) is 4.01. The van der Waals surface area contributed by atoms with Crippen molar-refractivity contribution in [3.63, 3.8) is 0 Å². The number of hydrogen-bond donors (Lipinski definition) is 0. The Balaban J connectivity index is 1.74. The van der Waals surface area contributed by atoms with Gasteiger partial charge in [0, 0.05) is 15.4 Å². The highest BCUT2D eigenvalue weighted by atomic mass is 79.9. The Morgan fingerprint density at radius 3 is 2.47 bits per heavy atom. The number of aryl methyl sites for hydroxylation is 2. The molecule has 0 saturated carbocycles. The molecule has 0 bridgehead atoms. The van der Waals surface area contributed by atoms with Crippen molar-refractivity contribution in [1.82, 2.24) is 9.55 Å². The van der Waals surface area contributed by atoms with Crippen LogP contribution in [-0.2, 0) is 12.8 Å². The minimum absolute atomic E-state index is 0.161. The van der Waals surface area contributed by atoms with Crippen LogP contribution in [0.25, 0.3) is 15.9 Å². The second-order valence-corrected chi connectivity index (χ2v) is 10.7. The van der Waals surface area contributed by atoms with E-state index in [9.17, 15) is 25.0 Å². The summed E-state index contributed by atoms with van der Waals surface area (Å²) >= 11 is 5.84. The van der Waals surface area contributed by atoms with Gasteiger partial charge in [0.2, 0.25) is 0 Å². The van der Waals surface area contributed by atoms with E-state index in [1.54, 1.807) is 24.3 Å². The van der Waals surface area contributed by atoms with Gasteiger partial charge in [-0.1, -0.05) is 15.9 Å². The highest BCUT2D eigenvalue weighted by molar-refractivity contribution is 9.10. The molecule has 0 unspecified atom stereocenters. The molecule has 0 radical (unpaired) electrons. The Morgan fingerprint density at radius 1 is 1.03 bits per heavy atom. The van der Waals surface area contributed by atoms with E-state index in [0.717, 1.165) is 58.4 Å². The molecule has 0 spiro atoms. The minimum atomic E-state index is -0.681. The van der Waals surface area contributed by atoms with E-state index in [-0.39, 0.29) is 21.3 Å². The fourth-order valence-electron chi connectivity index (χ4n) is 4.02. The Morgan fingerprint density at radius 2 is 1.76 bits per heavy atom. The monoisotopic (exact) mass is 558 g/mol. The molecule has 9 nitrogen and oxygen atoms in total. The Labute approximate surface area is 208 Å². The molecule has 2 aromatic carbocycles. The van der Waals surface area contributed by atoms with Crippen molar-refractivity contribution in [2.75, 3.05) is 0 Å². The lowest BCUT2D eigenvalue weighted by Crippen LogP contribution is -2.22. The summed E-state index contributed by atoms with van der Waals surface area (Å²) in [6.45, 7) is 0. The third-order valence-electron chi connectivity index (χ3n) is 5.59. The molecular weight excluding hydrogens is 544 g/mol. The summed E-state index contributed by atoms with van der Waals surface area (Å²) in [6, 6.07) is 10.6. The molecule has 0 amide bonds. The minimum Gasteiger partial charge on any atom is -0.268 e. The number of aromatic nitrogens is 2. The molecule has 2 aromatic heterocycles. The van der Waals surface area contributed by atoms with Crippen LogP contribution < -0.4 is 5.56 Å². The fourth-order valence-corrected chi connectivity index (χ4v) is 6.58. The molecule has 0 aliphatic heterocycles. The van der Waals surface area contributed by atoms with E-state index in [0.29, 0.717) is 15.9 Å². The van der Waals surface area contributed by atoms with Gasteiger partial charge in [-0.25, -0.2) is 4.98 Å². The number of thiophene rings is 1. The van der Waals surface area contributed by atoms with Gasteiger partial charge in [0.1, 0.15) is 4.83 Å². The maximum absolute atomic E-state index is 13.8. The lowest BCUT2D eigenvalue weighted by Gasteiger charge is -2.14. The Kier molecular flexibility index (Phi) is 5.96. The van der Waals surface area contributed by atoms with Gasteiger partial charge in [0.05, 0.1) is 31.9 Å². The zero-order valence-corrected chi connectivity index (χ0v) is 20.6. The summed E-state index contributed by atoms with van der Waals surface area (Å²) in [5.41, 5.74) is 0.605. The summed E-state index contributed by atoms with van der Waals surface area (Å²) in [5, 5.41) is 23.6. The largest absolute Gasteiger partial charge is 0.290 e. The van der Waals surface area contributed by atoms with E-state index in [4.69, 9.17) is 4.98 Å². The zero-order valence-electron chi connectivity index (χ0n) is 17.4. The van der Waals surface area contributed by atoms with Crippen LogP contribution >= 0.6 is 39.0 Å². The van der Waals surface area contributed by atoms with Crippen molar-refractivity contribution < 1.29 is 9.85 Å². The van der Waals surface area contributed by atoms with Crippen molar-refractivity contribution in [1.29, 1.82) is 0 Å². The maximum atomic E-state index is 13.8. The van der Waals surface area contributed by atoms with Crippen molar-refractivity contribution in [2.45, 2.75) is 35.7 Å². The van der Waals surface area contributed by atoms with Crippen LogP contribution in [0.3, 0.4) is 0 Å². The van der Waals surface area contributed by atoms with Crippen LogP contribution in [-0.4, -0.2) is 19.4 Å². The van der Waals surface area contributed by atoms with Crippen LogP contribution in [0.4, 0.5) is 11.4 Å². The highest BCUT2D eigenvalue weighted by Gasteiger charge is 2.26. The first-order chi connectivity index (χ1) is 16.3. The van der Waals surface area contributed by atoms with Crippen molar-refractivity contribution in [2.24, 2.45) is 0 Å². The van der Waals surface area contributed by atoms with E-state index in [1.165, 1.54) is 28.0 Å². The molecule has 0 N–H and O–H groups in total. The zero-order chi connectivity index (χ0) is 24.0. The summed E-state index contributed by atoms with van der Waals surface area (Å²) in [4.78, 5) is 41.9. The Bertz CT molecular complexity index is 1530. The molecule has 0 atom stereocenters. The van der Waals surface area contributed by atoms with Crippen molar-refractivity contribution in [3.05, 3.63) is 88.0 Å². The number of halogens is 1. The molecule has 5 rings (SSSR count). The quantitative estimate of drug-likeness (QED) is 0.166. The molecule has 1 aliphatic rings. The van der Waals surface area contributed by atoms with Crippen LogP contribution in [0, 0.1) is 20.2 Å². The average Bonchev–Trinajstić information content (AvgIpc) is 3.18. The second-order valence-electron chi connectivity index (χ2n) is 7.67. The van der Waals surface area contributed by atoms with Gasteiger partial charge < -0.3 is 0 Å². The highest BCUT2D eigenvalue weighted by Crippen LogP contribution is 2.39. The van der Waals surface area contributed by atoms with Gasteiger partial charge in [0.25, 0.3) is 16.9 Å². The van der Waals surface area contributed by atoms with Crippen LogP contribution in [0.2, 0.25) is 0 Å². The molecular formula is C22H15BrN4O5S2. The van der Waals surface area contributed by atoms with Gasteiger partial charge in [-0.2, -0.15) is 0 Å². The van der Waals surface area contributed by atoms with E-state index in [2.05, 4.69) is 15.9 Å². The molecule has 34 heavy (non-hydrogen) atoms. The predicted octanol–water partition coefficient (Wildman–Crippen LogP) is 6.06. The smallest absolute Gasteiger partial charge is 0.268 e. The van der Waals surface area contributed by atoms with Gasteiger partial charge in [-0.05, 0) is 73.3 Å². The molecule has 172 valence electrons. The second kappa shape index (κ2) is 8.93. The number of benzene rings is 2. The topological polar surface area (TPSA) is 121 Å². The summed E-state index contributed by atoms with van der Waals surface area (Å²) in [6.07, 6.45) is 3.82. The van der Waals surface area contributed by atoms with Crippen LogP contribution in [0.5, 0.6) is 0 Å². The number of nitrogens with zero attached hydrogens (tertiary/aromatic N) is 4. The van der Waals surface area contributed by atoms with Crippen molar-refractivity contribution in [3.8, 4) is 5.69 Å².